The van der Waals surface area contributed by atoms with Gasteiger partial charge in [0.2, 0.25) is 0 Å². The van der Waals surface area contributed by atoms with E-state index in [0.29, 0.717) is 10.6 Å². The molecule has 1 aliphatic heterocycles. The van der Waals surface area contributed by atoms with Crippen LogP contribution in [0.5, 0.6) is 0 Å². The van der Waals surface area contributed by atoms with E-state index in [9.17, 15) is 14.7 Å². The Morgan fingerprint density at radius 3 is 2.38 bits per heavy atom. The zero-order valence-electron chi connectivity index (χ0n) is 13.2. The quantitative estimate of drug-likeness (QED) is 0.652. The number of halogens is 1. The summed E-state index contributed by atoms with van der Waals surface area (Å²) in [7, 11) is 0. The number of carbonyl (C=O) groups is 2. The summed E-state index contributed by atoms with van der Waals surface area (Å²) in [4.78, 5) is 28.0. The minimum Gasteiger partial charge on any atom is -0.505 e. The van der Waals surface area contributed by atoms with Crippen molar-refractivity contribution >= 4 is 29.3 Å². The molecular weight excluding hydrogens is 334 g/mol. The lowest BCUT2D eigenvalue weighted by Crippen LogP contribution is -2.16. The topological polar surface area (TPSA) is 85.2 Å². The Morgan fingerprint density at radius 1 is 1.17 bits per heavy atom. The highest BCUT2D eigenvalue weighted by Crippen LogP contribution is 2.28. The van der Waals surface area contributed by atoms with E-state index >= 15 is 0 Å². The van der Waals surface area contributed by atoms with E-state index in [4.69, 9.17) is 21.1 Å². The molecule has 0 unspecified atom stereocenters. The lowest BCUT2D eigenvalue weighted by Gasteiger charge is -2.06. The summed E-state index contributed by atoms with van der Waals surface area (Å²) in [6.45, 7) is 3.64. The van der Waals surface area contributed by atoms with Gasteiger partial charge in [0.05, 0.1) is 25.0 Å². The molecule has 1 aromatic rings. The molecule has 0 radical (unpaired) electrons. The Bertz CT molecular complexity index is 747. The number of aliphatic imine (C=N–C) groups is 1. The van der Waals surface area contributed by atoms with Crippen LogP contribution in [0.3, 0.4) is 0 Å². The smallest absolute Gasteiger partial charge is 0.344 e. The van der Waals surface area contributed by atoms with Gasteiger partial charge in [0.15, 0.2) is 5.76 Å². The molecule has 2 rings (SSSR count). The van der Waals surface area contributed by atoms with Crippen molar-refractivity contribution in [3.05, 3.63) is 58.0 Å². The highest BCUT2D eigenvalue weighted by Gasteiger charge is 2.31. The van der Waals surface area contributed by atoms with Crippen molar-refractivity contribution in [3.63, 3.8) is 0 Å². The zero-order chi connectivity index (χ0) is 17.7. The third-order valence-corrected chi connectivity index (χ3v) is 3.34. The molecule has 0 fully saturated rings. The van der Waals surface area contributed by atoms with Gasteiger partial charge in [-0.2, -0.15) is 0 Å². The van der Waals surface area contributed by atoms with Crippen LogP contribution in [0.25, 0.3) is 0 Å². The van der Waals surface area contributed by atoms with Crippen LogP contribution in [0.15, 0.2) is 52.4 Å². The van der Waals surface area contributed by atoms with E-state index < -0.39 is 17.7 Å². The molecule has 1 aromatic carbocycles. The van der Waals surface area contributed by atoms with Gasteiger partial charge in [0, 0.05) is 10.6 Å². The van der Waals surface area contributed by atoms with Gasteiger partial charge in [-0.3, -0.25) is 0 Å². The van der Waals surface area contributed by atoms with Crippen molar-refractivity contribution < 1.29 is 24.2 Å². The van der Waals surface area contributed by atoms with E-state index in [1.807, 2.05) is 0 Å². The van der Waals surface area contributed by atoms with Crippen molar-refractivity contribution in [1.82, 2.24) is 0 Å². The minimum atomic E-state index is -0.726. The van der Waals surface area contributed by atoms with Crippen LogP contribution in [0.4, 0.5) is 0 Å². The molecule has 1 heterocycles. The van der Waals surface area contributed by atoms with E-state index in [2.05, 4.69) is 4.99 Å². The number of hydrogen-bond acceptors (Lipinski definition) is 6. The number of carbonyl (C=O) groups excluding carboxylic acids is 2. The standard InChI is InChI=1S/C17H16ClNO5/c1-3-23-13(20)9-12-16(21)14(17(22)24-4-2)15(19-12)10-5-7-11(18)8-6-10/h5-9,21H,3-4H2,1-2H3/b12-9-. The Hall–Kier alpha value is -2.60. The molecule has 0 bridgehead atoms. The fourth-order valence-corrected chi connectivity index (χ4v) is 2.20. The average molecular weight is 350 g/mol. The molecule has 0 amide bonds. The summed E-state index contributed by atoms with van der Waals surface area (Å²) < 4.78 is 9.77. The normalized spacial score (nSPS) is 15.5. The molecular formula is C17H16ClNO5. The Morgan fingerprint density at radius 2 is 1.79 bits per heavy atom. The number of aliphatic hydroxyl groups excluding tert-OH is 1. The molecule has 0 saturated heterocycles. The molecule has 0 spiro atoms. The van der Waals surface area contributed by atoms with Gasteiger partial charge in [-0.1, -0.05) is 23.7 Å². The number of esters is 2. The predicted octanol–water partition coefficient (Wildman–Crippen LogP) is 2.96. The lowest BCUT2D eigenvalue weighted by atomic mass is 10.0. The molecule has 24 heavy (non-hydrogen) atoms. The molecule has 7 heteroatoms. The second-order valence-electron chi connectivity index (χ2n) is 4.69. The molecule has 1 N–H and O–H groups in total. The second-order valence-corrected chi connectivity index (χ2v) is 5.13. The summed E-state index contributed by atoms with van der Waals surface area (Å²) in [5.41, 5.74) is 0.607. The molecule has 0 aliphatic carbocycles. The predicted molar refractivity (Wildman–Crippen MR) is 89.0 cm³/mol. The lowest BCUT2D eigenvalue weighted by molar-refractivity contribution is -0.138. The van der Waals surface area contributed by atoms with E-state index in [1.54, 1.807) is 38.1 Å². The van der Waals surface area contributed by atoms with Gasteiger partial charge in [-0.15, -0.1) is 0 Å². The average Bonchev–Trinajstić information content (AvgIpc) is 2.85. The first-order valence-electron chi connectivity index (χ1n) is 7.32. The van der Waals surface area contributed by atoms with Crippen LogP contribution < -0.4 is 0 Å². The van der Waals surface area contributed by atoms with Crippen LogP contribution in [0.1, 0.15) is 19.4 Å². The number of ether oxygens (including phenoxy) is 2. The van der Waals surface area contributed by atoms with E-state index in [0.717, 1.165) is 6.08 Å². The Labute approximate surface area is 144 Å². The number of hydrogen-bond donors (Lipinski definition) is 1. The van der Waals surface area contributed by atoms with Crippen molar-refractivity contribution in [2.45, 2.75) is 13.8 Å². The number of rotatable bonds is 5. The van der Waals surface area contributed by atoms with Crippen molar-refractivity contribution in [1.29, 1.82) is 0 Å². The highest BCUT2D eigenvalue weighted by molar-refractivity contribution is 6.32. The van der Waals surface area contributed by atoms with Crippen LogP contribution in [-0.4, -0.2) is 36.0 Å². The largest absolute Gasteiger partial charge is 0.505 e. The number of nitrogens with zero attached hydrogens (tertiary/aromatic N) is 1. The summed E-state index contributed by atoms with van der Waals surface area (Å²) in [5.74, 6) is -1.81. The minimum absolute atomic E-state index is 0.0542. The zero-order valence-corrected chi connectivity index (χ0v) is 14.0. The van der Waals surface area contributed by atoms with Gasteiger partial charge >= 0.3 is 11.9 Å². The van der Waals surface area contributed by atoms with Crippen LogP contribution >= 0.6 is 11.6 Å². The van der Waals surface area contributed by atoms with Gasteiger partial charge in [0.1, 0.15) is 11.3 Å². The van der Waals surface area contributed by atoms with E-state index in [-0.39, 0.29) is 30.2 Å². The fraction of sp³-hybridized carbons (Fsp3) is 0.235. The summed E-state index contributed by atoms with van der Waals surface area (Å²) in [5, 5.41) is 10.8. The maximum absolute atomic E-state index is 12.2. The van der Waals surface area contributed by atoms with Gasteiger partial charge in [-0.05, 0) is 26.0 Å². The number of aliphatic hydroxyl groups is 1. The van der Waals surface area contributed by atoms with Gasteiger partial charge < -0.3 is 14.6 Å². The maximum atomic E-state index is 12.2. The molecule has 0 aromatic heterocycles. The van der Waals surface area contributed by atoms with Crippen LogP contribution in [0, 0.1) is 0 Å². The van der Waals surface area contributed by atoms with Crippen LogP contribution in [0.2, 0.25) is 5.02 Å². The van der Waals surface area contributed by atoms with Gasteiger partial charge in [-0.25, -0.2) is 14.6 Å². The molecule has 126 valence electrons. The second kappa shape index (κ2) is 7.79. The fourth-order valence-electron chi connectivity index (χ4n) is 2.08. The number of benzene rings is 1. The SMILES string of the molecule is CCOC(=O)/C=C1\N=C(c2ccc(Cl)cc2)C(C(=O)OCC)=C1O. The van der Waals surface area contributed by atoms with E-state index in [1.165, 1.54) is 0 Å². The first-order valence-corrected chi connectivity index (χ1v) is 7.69. The summed E-state index contributed by atoms with van der Waals surface area (Å²) >= 11 is 5.86. The highest BCUT2D eigenvalue weighted by atomic mass is 35.5. The van der Waals surface area contributed by atoms with Crippen molar-refractivity contribution in [3.8, 4) is 0 Å². The molecule has 0 atom stereocenters. The molecule has 6 nitrogen and oxygen atoms in total. The molecule has 0 saturated carbocycles. The van der Waals surface area contributed by atoms with Crippen molar-refractivity contribution in [2.75, 3.05) is 13.2 Å². The molecule has 1 aliphatic rings. The Balaban J connectivity index is 2.50. The third kappa shape index (κ3) is 3.83. The Kier molecular flexibility index (Phi) is 5.76. The first-order chi connectivity index (χ1) is 11.5. The van der Waals surface area contributed by atoms with Crippen LogP contribution in [-0.2, 0) is 19.1 Å². The maximum Gasteiger partial charge on any atom is 0.344 e. The monoisotopic (exact) mass is 349 g/mol. The van der Waals surface area contributed by atoms with Crippen molar-refractivity contribution in [2.24, 2.45) is 4.99 Å². The van der Waals surface area contributed by atoms with Gasteiger partial charge in [0.25, 0.3) is 0 Å². The summed E-state index contributed by atoms with van der Waals surface area (Å²) in [6.07, 6.45) is 1.03. The summed E-state index contributed by atoms with van der Waals surface area (Å²) in [6, 6.07) is 6.57. The first kappa shape index (κ1) is 17.7. The third-order valence-electron chi connectivity index (χ3n) is 3.09.